The summed E-state index contributed by atoms with van der Waals surface area (Å²) in [6.45, 7) is 1.22. The summed E-state index contributed by atoms with van der Waals surface area (Å²) < 4.78 is 76.1. The van der Waals surface area contributed by atoms with E-state index in [9.17, 15) is 26.3 Å². The van der Waals surface area contributed by atoms with Crippen LogP contribution in [0.25, 0.3) is 0 Å². The van der Waals surface area contributed by atoms with E-state index in [-0.39, 0.29) is 5.69 Å². The Balaban J connectivity index is 3.36. The highest BCUT2D eigenvalue weighted by Gasteiger charge is 2.42. The third-order valence-corrected chi connectivity index (χ3v) is 2.13. The number of aryl methyl sites for hydroxylation is 1. The molecular weight excluding hydrogens is 320 g/mol. The van der Waals surface area contributed by atoms with E-state index in [1.54, 1.807) is 0 Å². The molecule has 0 aliphatic rings. The maximum atomic E-state index is 12.5. The quantitative estimate of drug-likeness (QED) is 0.727. The number of ether oxygens (including phenoxy) is 1. The SMILES string of the molecule is Cc1cc(Br)c(OC(F)(F)F)c(C(F)(F)F)n1. The number of rotatable bonds is 1. The van der Waals surface area contributed by atoms with Crippen LogP contribution >= 0.6 is 15.9 Å². The molecule has 1 heterocycles. The Hall–Kier alpha value is -0.990. The van der Waals surface area contributed by atoms with Crippen LogP contribution in [-0.4, -0.2) is 11.3 Å². The Kier molecular flexibility index (Phi) is 3.60. The van der Waals surface area contributed by atoms with E-state index in [1.165, 1.54) is 6.92 Å². The fraction of sp³-hybridized carbons (Fsp3) is 0.375. The largest absolute Gasteiger partial charge is 0.573 e. The Morgan fingerprint density at radius 1 is 1.18 bits per heavy atom. The first-order valence-corrected chi connectivity index (χ1v) is 4.80. The molecule has 0 aromatic carbocycles. The minimum Gasteiger partial charge on any atom is -0.402 e. The van der Waals surface area contributed by atoms with E-state index in [0.717, 1.165) is 6.07 Å². The van der Waals surface area contributed by atoms with Gasteiger partial charge in [-0.3, -0.25) is 0 Å². The van der Waals surface area contributed by atoms with Crippen LogP contribution in [0.5, 0.6) is 5.75 Å². The maximum absolute atomic E-state index is 12.5. The van der Waals surface area contributed by atoms with Crippen molar-refractivity contribution in [1.29, 1.82) is 0 Å². The second-order valence-corrected chi connectivity index (χ2v) is 3.82. The smallest absolute Gasteiger partial charge is 0.402 e. The summed E-state index contributed by atoms with van der Waals surface area (Å²) in [6, 6.07) is 0.996. The van der Waals surface area contributed by atoms with E-state index in [2.05, 4.69) is 25.7 Å². The van der Waals surface area contributed by atoms with Crippen LogP contribution in [0.3, 0.4) is 0 Å². The van der Waals surface area contributed by atoms with Crippen LogP contribution in [0.2, 0.25) is 0 Å². The average Bonchev–Trinajstić information content (AvgIpc) is 2.05. The second kappa shape index (κ2) is 4.35. The van der Waals surface area contributed by atoms with Crippen LogP contribution in [0.15, 0.2) is 10.5 Å². The second-order valence-electron chi connectivity index (χ2n) is 2.97. The van der Waals surface area contributed by atoms with Gasteiger partial charge < -0.3 is 4.74 Å². The standard InChI is InChI=1S/C8H4BrF6NO/c1-3-2-4(9)5(17-8(13,14)15)6(16-3)7(10,11)12/h2H,1H3. The fourth-order valence-electron chi connectivity index (χ4n) is 1.03. The van der Waals surface area contributed by atoms with Crippen molar-refractivity contribution in [3.8, 4) is 5.75 Å². The lowest BCUT2D eigenvalue weighted by Crippen LogP contribution is -2.21. The van der Waals surface area contributed by atoms with Gasteiger partial charge in [-0.05, 0) is 28.9 Å². The fourth-order valence-corrected chi connectivity index (χ4v) is 1.63. The topological polar surface area (TPSA) is 22.1 Å². The predicted molar refractivity (Wildman–Crippen MR) is 48.4 cm³/mol. The van der Waals surface area contributed by atoms with Gasteiger partial charge in [-0.1, -0.05) is 0 Å². The molecule has 0 unspecified atom stereocenters. The molecule has 17 heavy (non-hydrogen) atoms. The van der Waals surface area contributed by atoms with Crippen LogP contribution in [0.4, 0.5) is 26.3 Å². The Labute approximate surface area is 99.7 Å². The zero-order chi connectivity index (χ0) is 13.4. The first kappa shape index (κ1) is 14.1. The van der Waals surface area contributed by atoms with Crippen molar-refractivity contribution >= 4 is 15.9 Å². The maximum Gasteiger partial charge on any atom is 0.573 e. The third kappa shape index (κ3) is 3.76. The Bertz CT molecular complexity index is 427. The number of pyridine rings is 1. The average molecular weight is 324 g/mol. The molecule has 1 aromatic heterocycles. The summed E-state index contributed by atoms with van der Waals surface area (Å²) in [6.07, 6.45) is -10.3. The molecule has 0 spiro atoms. The van der Waals surface area contributed by atoms with Gasteiger partial charge >= 0.3 is 12.5 Å². The van der Waals surface area contributed by atoms with Gasteiger partial charge in [-0.15, -0.1) is 13.2 Å². The van der Waals surface area contributed by atoms with Crippen molar-refractivity contribution in [3.63, 3.8) is 0 Å². The molecule has 96 valence electrons. The predicted octanol–water partition coefficient (Wildman–Crippen LogP) is 4.07. The lowest BCUT2D eigenvalue weighted by Gasteiger charge is -2.16. The zero-order valence-electron chi connectivity index (χ0n) is 8.08. The lowest BCUT2D eigenvalue weighted by atomic mass is 10.3. The van der Waals surface area contributed by atoms with Crippen molar-refractivity contribution in [3.05, 3.63) is 21.9 Å². The number of nitrogens with zero attached hydrogens (tertiary/aromatic N) is 1. The number of halogens is 7. The minimum absolute atomic E-state index is 0.0845. The van der Waals surface area contributed by atoms with Gasteiger partial charge in [0, 0.05) is 5.69 Å². The summed E-state index contributed by atoms with van der Waals surface area (Å²) >= 11 is 2.58. The normalized spacial score (nSPS) is 12.7. The van der Waals surface area contributed by atoms with E-state index in [0.29, 0.717) is 0 Å². The number of aromatic nitrogens is 1. The molecule has 0 fully saturated rings. The summed E-state index contributed by atoms with van der Waals surface area (Å²) in [7, 11) is 0. The van der Waals surface area contributed by atoms with Gasteiger partial charge in [-0.25, -0.2) is 4.98 Å². The first-order chi connectivity index (χ1) is 7.50. The van der Waals surface area contributed by atoms with E-state index in [4.69, 9.17) is 0 Å². The third-order valence-electron chi connectivity index (χ3n) is 1.54. The zero-order valence-corrected chi connectivity index (χ0v) is 9.66. The summed E-state index contributed by atoms with van der Waals surface area (Å²) in [4.78, 5) is 3.01. The van der Waals surface area contributed by atoms with Crippen LogP contribution in [0.1, 0.15) is 11.4 Å². The van der Waals surface area contributed by atoms with Crippen molar-refractivity contribution in [2.24, 2.45) is 0 Å². The highest BCUT2D eigenvalue weighted by Crippen LogP contribution is 2.41. The summed E-state index contributed by atoms with van der Waals surface area (Å²) in [5, 5.41) is 0. The molecule has 0 aliphatic heterocycles. The lowest BCUT2D eigenvalue weighted by molar-refractivity contribution is -0.276. The molecule has 1 aromatic rings. The minimum atomic E-state index is -5.22. The molecule has 0 radical (unpaired) electrons. The van der Waals surface area contributed by atoms with Crippen LogP contribution in [0, 0.1) is 6.92 Å². The molecule has 0 aliphatic carbocycles. The molecule has 0 saturated heterocycles. The van der Waals surface area contributed by atoms with E-state index < -0.39 is 28.5 Å². The molecule has 0 atom stereocenters. The molecule has 1 rings (SSSR count). The highest BCUT2D eigenvalue weighted by molar-refractivity contribution is 9.10. The van der Waals surface area contributed by atoms with Gasteiger partial charge in [0.1, 0.15) is 0 Å². The molecule has 0 amide bonds. The van der Waals surface area contributed by atoms with Gasteiger partial charge in [-0.2, -0.15) is 13.2 Å². The molecule has 0 N–H and O–H groups in total. The summed E-state index contributed by atoms with van der Waals surface area (Å²) in [5.74, 6) is -1.39. The Morgan fingerprint density at radius 2 is 1.71 bits per heavy atom. The van der Waals surface area contributed by atoms with Gasteiger partial charge in [0.25, 0.3) is 0 Å². The van der Waals surface area contributed by atoms with Crippen LogP contribution < -0.4 is 4.74 Å². The van der Waals surface area contributed by atoms with Crippen molar-refractivity contribution in [2.45, 2.75) is 19.5 Å². The molecule has 9 heteroatoms. The van der Waals surface area contributed by atoms with Crippen LogP contribution in [-0.2, 0) is 6.18 Å². The van der Waals surface area contributed by atoms with Gasteiger partial charge in [0.05, 0.1) is 4.47 Å². The van der Waals surface area contributed by atoms with Gasteiger partial charge in [0.15, 0.2) is 11.4 Å². The van der Waals surface area contributed by atoms with Crippen molar-refractivity contribution in [2.75, 3.05) is 0 Å². The van der Waals surface area contributed by atoms with Crippen molar-refractivity contribution < 1.29 is 31.1 Å². The number of alkyl halides is 6. The molecule has 2 nitrogen and oxygen atoms in total. The van der Waals surface area contributed by atoms with Gasteiger partial charge in [0.2, 0.25) is 0 Å². The number of hydrogen-bond donors (Lipinski definition) is 0. The molecular formula is C8H4BrF6NO. The number of hydrogen-bond acceptors (Lipinski definition) is 2. The molecule has 0 saturated carbocycles. The van der Waals surface area contributed by atoms with E-state index in [1.807, 2.05) is 0 Å². The summed E-state index contributed by atoms with van der Waals surface area (Å²) in [5.41, 5.74) is -1.81. The monoisotopic (exact) mass is 323 g/mol. The van der Waals surface area contributed by atoms with Crippen molar-refractivity contribution in [1.82, 2.24) is 4.98 Å². The molecule has 0 bridgehead atoms. The first-order valence-electron chi connectivity index (χ1n) is 4.01. The Morgan fingerprint density at radius 3 is 2.12 bits per heavy atom. The highest BCUT2D eigenvalue weighted by atomic mass is 79.9. The van der Waals surface area contributed by atoms with E-state index >= 15 is 0 Å².